The monoisotopic (exact) mass is 288 g/mol. The summed E-state index contributed by atoms with van der Waals surface area (Å²) < 4.78 is 16.2. The first-order valence-corrected chi connectivity index (χ1v) is 6.78. The molecule has 0 fully saturated rings. The predicted octanol–water partition coefficient (Wildman–Crippen LogP) is 3.04. The molecule has 0 aliphatic rings. The fourth-order valence-corrected chi connectivity index (χ4v) is 2.24. The van der Waals surface area contributed by atoms with E-state index in [2.05, 4.69) is 16.9 Å². The van der Waals surface area contributed by atoms with Crippen molar-refractivity contribution in [1.29, 1.82) is 0 Å². The molecule has 0 unspecified atom stereocenters. The van der Waals surface area contributed by atoms with Gasteiger partial charge in [0.25, 0.3) is 0 Å². The third kappa shape index (κ3) is 2.77. The van der Waals surface area contributed by atoms with E-state index in [1.165, 1.54) is 0 Å². The van der Waals surface area contributed by atoms with Gasteiger partial charge in [0.2, 0.25) is 5.75 Å². The van der Waals surface area contributed by atoms with E-state index in [4.69, 9.17) is 14.2 Å². The fourth-order valence-electron chi connectivity index (χ4n) is 2.24. The van der Waals surface area contributed by atoms with Gasteiger partial charge >= 0.3 is 0 Å². The van der Waals surface area contributed by atoms with Crippen LogP contribution >= 0.6 is 0 Å². The molecule has 0 saturated heterocycles. The van der Waals surface area contributed by atoms with E-state index >= 15 is 0 Å². The Kier molecular flexibility index (Phi) is 4.62. The molecule has 5 nitrogen and oxygen atoms in total. The van der Waals surface area contributed by atoms with Gasteiger partial charge in [-0.25, -0.2) is 9.97 Å². The first-order valence-electron chi connectivity index (χ1n) is 6.78. The molecule has 0 atom stereocenters. The Balaban J connectivity index is 2.63. The summed E-state index contributed by atoms with van der Waals surface area (Å²) in [6, 6.07) is 3.70. The maximum absolute atomic E-state index is 5.48. The smallest absolute Gasteiger partial charge is 0.204 e. The van der Waals surface area contributed by atoms with E-state index in [9.17, 15) is 0 Å². The van der Waals surface area contributed by atoms with Gasteiger partial charge < -0.3 is 14.2 Å². The van der Waals surface area contributed by atoms with Crippen molar-refractivity contribution in [2.24, 2.45) is 0 Å². The molecular formula is C16H20N2O3. The SMILES string of the molecule is CCc1nc(-c2ccc(OC)c(OC)c2OC)ncc1C. The lowest BCUT2D eigenvalue weighted by Crippen LogP contribution is -2.01. The molecule has 0 saturated carbocycles. The van der Waals surface area contributed by atoms with Crippen LogP contribution in [0.1, 0.15) is 18.2 Å². The molecule has 0 radical (unpaired) electrons. The van der Waals surface area contributed by atoms with Crippen LogP contribution in [0.25, 0.3) is 11.4 Å². The minimum absolute atomic E-state index is 0.541. The Morgan fingerprint density at radius 3 is 2.29 bits per heavy atom. The largest absolute Gasteiger partial charge is 0.493 e. The number of hydrogen-bond acceptors (Lipinski definition) is 5. The summed E-state index contributed by atoms with van der Waals surface area (Å²) in [5.41, 5.74) is 2.89. The second-order valence-corrected chi connectivity index (χ2v) is 4.56. The van der Waals surface area contributed by atoms with E-state index in [1.54, 1.807) is 21.3 Å². The van der Waals surface area contributed by atoms with Crippen LogP contribution in [0.3, 0.4) is 0 Å². The molecule has 5 heteroatoms. The van der Waals surface area contributed by atoms with Crippen molar-refractivity contribution in [3.8, 4) is 28.6 Å². The highest BCUT2D eigenvalue weighted by molar-refractivity contribution is 5.72. The van der Waals surface area contributed by atoms with E-state index < -0.39 is 0 Å². The van der Waals surface area contributed by atoms with Crippen LogP contribution in [0.5, 0.6) is 17.2 Å². The summed E-state index contributed by atoms with van der Waals surface area (Å²) >= 11 is 0. The first kappa shape index (κ1) is 15.1. The Morgan fingerprint density at radius 1 is 1.00 bits per heavy atom. The standard InChI is InChI=1S/C16H20N2O3/c1-6-12-10(2)9-17-16(18-12)11-7-8-13(19-3)15(21-5)14(11)20-4/h7-9H,6H2,1-5H3. The fraction of sp³-hybridized carbons (Fsp3) is 0.375. The summed E-state index contributed by atoms with van der Waals surface area (Å²) in [6.07, 6.45) is 2.69. The highest BCUT2D eigenvalue weighted by Gasteiger charge is 2.19. The Labute approximate surface area is 124 Å². The third-order valence-corrected chi connectivity index (χ3v) is 3.36. The summed E-state index contributed by atoms with van der Waals surface area (Å²) in [5.74, 6) is 2.35. The van der Waals surface area contributed by atoms with Gasteiger partial charge in [-0.05, 0) is 31.0 Å². The van der Waals surface area contributed by atoms with E-state index in [-0.39, 0.29) is 0 Å². The zero-order valence-electron chi connectivity index (χ0n) is 13.1. The number of ether oxygens (including phenoxy) is 3. The van der Waals surface area contributed by atoms with E-state index in [1.807, 2.05) is 25.3 Å². The summed E-state index contributed by atoms with van der Waals surface area (Å²) in [6.45, 7) is 4.08. The number of nitrogens with zero attached hydrogens (tertiary/aromatic N) is 2. The third-order valence-electron chi connectivity index (χ3n) is 3.36. The lowest BCUT2D eigenvalue weighted by molar-refractivity contribution is 0.325. The van der Waals surface area contributed by atoms with Crippen LogP contribution in [-0.4, -0.2) is 31.3 Å². The predicted molar refractivity (Wildman–Crippen MR) is 81.2 cm³/mol. The van der Waals surface area contributed by atoms with Gasteiger partial charge in [-0.1, -0.05) is 6.92 Å². The van der Waals surface area contributed by atoms with Crippen molar-refractivity contribution in [1.82, 2.24) is 9.97 Å². The van der Waals surface area contributed by atoms with Crippen molar-refractivity contribution in [3.63, 3.8) is 0 Å². The van der Waals surface area contributed by atoms with Gasteiger partial charge in [0.1, 0.15) is 0 Å². The maximum Gasteiger partial charge on any atom is 0.204 e. The molecular weight excluding hydrogens is 268 g/mol. The summed E-state index contributed by atoms with van der Waals surface area (Å²) in [4.78, 5) is 9.02. The Bertz CT molecular complexity index is 642. The molecule has 0 bridgehead atoms. The van der Waals surface area contributed by atoms with Crippen molar-refractivity contribution < 1.29 is 14.2 Å². The molecule has 2 aromatic rings. The second-order valence-electron chi connectivity index (χ2n) is 4.56. The van der Waals surface area contributed by atoms with E-state index in [0.29, 0.717) is 23.1 Å². The molecule has 0 amide bonds. The Hall–Kier alpha value is -2.30. The molecule has 2 rings (SSSR count). The molecule has 1 aromatic heterocycles. The molecule has 1 aromatic carbocycles. The lowest BCUT2D eigenvalue weighted by Gasteiger charge is -2.15. The highest BCUT2D eigenvalue weighted by Crippen LogP contribution is 2.43. The number of methoxy groups -OCH3 is 3. The number of aromatic nitrogens is 2. The lowest BCUT2D eigenvalue weighted by atomic mass is 10.1. The zero-order chi connectivity index (χ0) is 15.4. The van der Waals surface area contributed by atoms with Gasteiger partial charge in [0.05, 0.1) is 26.9 Å². The van der Waals surface area contributed by atoms with Crippen LogP contribution in [0.15, 0.2) is 18.3 Å². The maximum atomic E-state index is 5.48. The molecule has 0 aliphatic carbocycles. The number of aryl methyl sites for hydroxylation is 2. The van der Waals surface area contributed by atoms with Crippen LogP contribution in [0.2, 0.25) is 0 Å². The van der Waals surface area contributed by atoms with Crippen LogP contribution in [0, 0.1) is 6.92 Å². The van der Waals surface area contributed by atoms with E-state index in [0.717, 1.165) is 23.2 Å². The Morgan fingerprint density at radius 2 is 1.71 bits per heavy atom. The topological polar surface area (TPSA) is 53.5 Å². The average molecular weight is 288 g/mol. The van der Waals surface area contributed by atoms with Crippen molar-refractivity contribution in [2.75, 3.05) is 21.3 Å². The minimum Gasteiger partial charge on any atom is -0.493 e. The van der Waals surface area contributed by atoms with Crippen LogP contribution in [-0.2, 0) is 6.42 Å². The number of benzene rings is 1. The van der Waals surface area contributed by atoms with Crippen molar-refractivity contribution in [2.45, 2.75) is 20.3 Å². The molecule has 0 N–H and O–H groups in total. The molecule has 21 heavy (non-hydrogen) atoms. The molecule has 1 heterocycles. The zero-order valence-corrected chi connectivity index (χ0v) is 13.1. The molecule has 0 spiro atoms. The summed E-state index contributed by atoms with van der Waals surface area (Å²) in [7, 11) is 4.77. The van der Waals surface area contributed by atoms with Gasteiger partial charge in [-0.3, -0.25) is 0 Å². The number of hydrogen-bond donors (Lipinski definition) is 0. The molecule has 0 aliphatic heterocycles. The average Bonchev–Trinajstić information content (AvgIpc) is 2.53. The quantitative estimate of drug-likeness (QED) is 0.846. The van der Waals surface area contributed by atoms with Gasteiger partial charge in [-0.2, -0.15) is 0 Å². The number of rotatable bonds is 5. The van der Waals surface area contributed by atoms with Crippen molar-refractivity contribution in [3.05, 3.63) is 29.6 Å². The molecule has 112 valence electrons. The van der Waals surface area contributed by atoms with Crippen LogP contribution in [0.4, 0.5) is 0 Å². The highest BCUT2D eigenvalue weighted by atomic mass is 16.5. The van der Waals surface area contributed by atoms with Gasteiger partial charge in [-0.15, -0.1) is 0 Å². The normalized spacial score (nSPS) is 10.3. The van der Waals surface area contributed by atoms with Crippen LogP contribution < -0.4 is 14.2 Å². The van der Waals surface area contributed by atoms with Gasteiger partial charge in [0, 0.05) is 11.9 Å². The second kappa shape index (κ2) is 6.43. The van der Waals surface area contributed by atoms with Gasteiger partial charge in [0.15, 0.2) is 17.3 Å². The summed E-state index contributed by atoms with van der Waals surface area (Å²) in [5, 5.41) is 0. The van der Waals surface area contributed by atoms with Crippen molar-refractivity contribution >= 4 is 0 Å². The minimum atomic E-state index is 0.541. The first-order chi connectivity index (χ1) is 10.2.